The summed E-state index contributed by atoms with van der Waals surface area (Å²) in [7, 11) is 2.17. The smallest absolute Gasteiger partial charge is 0.316 e. The first-order valence-corrected chi connectivity index (χ1v) is 15.4. The summed E-state index contributed by atoms with van der Waals surface area (Å²) in [6, 6.07) is 10.5. The Kier molecular flexibility index (Phi) is 16.8. The van der Waals surface area contributed by atoms with Gasteiger partial charge in [-0.25, -0.2) is 0 Å². The maximum Gasteiger partial charge on any atom is 0.316 e. The van der Waals surface area contributed by atoms with Gasteiger partial charge in [-0.2, -0.15) is 0 Å². The molecule has 2 aliphatic heterocycles. The van der Waals surface area contributed by atoms with Gasteiger partial charge in [0.15, 0.2) is 0 Å². The summed E-state index contributed by atoms with van der Waals surface area (Å²) >= 11 is 0. The second-order valence-corrected chi connectivity index (χ2v) is 11.2. The van der Waals surface area contributed by atoms with Crippen molar-refractivity contribution in [1.82, 2.24) is 4.90 Å². The number of nitrogens with zero attached hydrogens (tertiary/aromatic N) is 1. The van der Waals surface area contributed by atoms with Gasteiger partial charge >= 0.3 is 11.9 Å². The van der Waals surface area contributed by atoms with Crippen LogP contribution in [0.5, 0.6) is 0 Å². The van der Waals surface area contributed by atoms with E-state index in [1.54, 1.807) is 0 Å². The number of benzene rings is 1. The average molecular weight is 544 g/mol. The Labute approximate surface area is 236 Å². The van der Waals surface area contributed by atoms with E-state index in [2.05, 4.69) is 31.0 Å². The molecule has 2 heterocycles. The Bertz CT molecular complexity index is 813. The van der Waals surface area contributed by atoms with Gasteiger partial charge in [-0.05, 0) is 70.4 Å². The molecule has 0 amide bonds. The van der Waals surface area contributed by atoms with Crippen LogP contribution in [0.4, 0.5) is 0 Å². The first-order chi connectivity index (χ1) is 19.0. The number of hydrogen-bond acceptors (Lipinski definition) is 5. The van der Waals surface area contributed by atoms with Crippen LogP contribution in [0.15, 0.2) is 42.5 Å². The molecule has 0 spiro atoms. The molecule has 1 aromatic rings. The van der Waals surface area contributed by atoms with Crippen molar-refractivity contribution >= 4 is 11.9 Å². The van der Waals surface area contributed by atoms with Gasteiger partial charge in [0.2, 0.25) is 0 Å². The summed E-state index contributed by atoms with van der Waals surface area (Å²) in [5.74, 6) is -1.54. The van der Waals surface area contributed by atoms with Gasteiger partial charge in [0.25, 0.3) is 0 Å². The maximum absolute atomic E-state index is 12.4. The van der Waals surface area contributed by atoms with Crippen molar-refractivity contribution in [2.45, 2.75) is 134 Å². The monoisotopic (exact) mass is 543 g/mol. The van der Waals surface area contributed by atoms with Crippen LogP contribution in [-0.4, -0.2) is 58.9 Å². The van der Waals surface area contributed by atoms with Gasteiger partial charge in [-0.1, -0.05) is 87.9 Å². The standard InChI is InChI=1S/C17H23NO3.C16H30O2/c1-18-13-7-8-14(18)10-15(9-13)21-17(20)16(11-19)12-5-3-2-4-6-12;1-2-3-4-5-6-7-8-9-10-11-12-13-14-15-16(17)18/h2-6,13-16,19H,7-11H2,1H3;10-11H,2-9,12-15H2,1H3,(H,17,18). The number of allylic oxidation sites excluding steroid dienone is 2. The van der Waals surface area contributed by atoms with Crippen LogP contribution < -0.4 is 0 Å². The highest BCUT2D eigenvalue weighted by Crippen LogP contribution is 2.36. The molecule has 3 unspecified atom stereocenters. The Morgan fingerprint density at radius 3 is 2.05 bits per heavy atom. The van der Waals surface area contributed by atoms with Crippen LogP contribution in [0.3, 0.4) is 0 Å². The van der Waals surface area contributed by atoms with Gasteiger partial charge in [0.05, 0.1) is 6.61 Å². The molecule has 2 N–H and O–H groups in total. The normalized spacial score (nSPS) is 21.4. The SMILES string of the molecule is CCCCCCCCCC=CCCCCC(=O)O.CN1C2CCC1CC(OC(=O)C(CO)c1ccccc1)C2. The van der Waals surface area contributed by atoms with Crippen molar-refractivity contribution in [3.63, 3.8) is 0 Å². The minimum absolute atomic E-state index is 0.00367. The average Bonchev–Trinajstić information content (AvgIpc) is 3.12. The second kappa shape index (κ2) is 19.8. The molecule has 6 nitrogen and oxygen atoms in total. The zero-order chi connectivity index (χ0) is 28.3. The van der Waals surface area contributed by atoms with Gasteiger partial charge < -0.3 is 19.8 Å². The second-order valence-electron chi connectivity index (χ2n) is 11.2. The van der Waals surface area contributed by atoms with E-state index < -0.39 is 11.9 Å². The molecular weight excluding hydrogens is 490 g/mol. The van der Waals surface area contributed by atoms with Crippen LogP contribution in [0.2, 0.25) is 0 Å². The van der Waals surface area contributed by atoms with Crippen LogP contribution in [-0.2, 0) is 14.3 Å². The van der Waals surface area contributed by atoms with Crippen molar-refractivity contribution in [3.8, 4) is 0 Å². The minimum atomic E-state index is -0.679. The van der Waals surface area contributed by atoms with Crippen LogP contribution in [0, 0.1) is 0 Å². The van der Waals surface area contributed by atoms with Gasteiger partial charge in [0, 0.05) is 18.5 Å². The predicted octanol–water partition coefficient (Wildman–Crippen LogP) is 7.26. The third-order valence-electron chi connectivity index (χ3n) is 8.16. The number of carboxylic acids is 1. The van der Waals surface area contributed by atoms with Crippen molar-refractivity contribution in [1.29, 1.82) is 0 Å². The summed E-state index contributed by atoms with van der Waals surface area (Å²) in [6.45, 7) is 2.05. The number of ether oxygens (including phenoxy) is 1. The van der Waals surface area contributed by atoms with Crippen LogP contribution >= 0.6 is 0 Å². The van der Waals surface area contributed by atoms with E-state index in [4.69, 9.17) is 9.84 Å². The fourth-order valence-corrected chi connectivity index (χ4v) is 5.70. The van der Waals surface area contributed by atoms with Gasteiger partial charge in [-0.15, -0.1) is 0 Å². The number of carbonyl (C=O) groups is 2. The molecule has 3 rings (SSSR count). The minimum Gasteiger partial charge on any atom is -0.481 e. The van der Waals surface area contributed by atoms with E-state index in [9.17, 15) is 14.7 Å². The highest BCUT2D eigenvalue weighted by molar-refractivity contribution is 5.78. The third kappa shape index (κ3) is 13.1. The quantitative estimate of drug-likeness (QED) is 0.122. The number of aliphatic carboxylic acids is 1. The molecule has 2 aliphatic rings. The van der Waals surface area contributed by atoms with E-state index in [-0.39, 0.29) is 18.7 Å². The number of fused-ring (bicyclic) bond motifs is 2. The number of esters is 1. The number of unbranched alkanes of at least 4 members (excludes halogenated alkanes) is 9. The first-order valence-electron chi connectivity index (χ1n) is 15.4. The zero-order valence-corrected chi connectivity index (χ0v) is 24.4. The van der Waals surface area contributed by atoms with Crippen molar-refractivity contribution < 1.29 is 24.5 Å². The first kappa shape index (κ1) is 33.0. The Hall–Kier alpha value is -2.18. The third-order valence-corrected chi connectivity index (χ3v) is 8.16. The lowest BCUT2D eigenvalue weighted by molar-refractivity contribution is -0.155. The number of aliphatic hydroxyl groups excluding tert-OH is 1. The van der Waals surface area contributed by atoms with E-state index in [0.717, 1.165) is 37.7 Å². The van der Waals surface area contributed by atoms with Gasteiger partial charge in [-0.3, -0.25) is 9.59 Å². The largest absolute Gasteiger partial charge is 0.481 e. The Morgan fingerprint density at radius 1 is 0.923 bits per heavy atom. The Balaban J connectivity index is 0.000000278. The molecule has 2 bridgehead atoms. The summed E-state index contributed by atoms with van der Waals surface area (Å²) in [4.78, 5) is 25.1. The lowest BCUT2D eigenvalue weighted by atomic mass is 9.98. The summed E-state index contributed by atoms with van der Waals surface area (Å²) in [5, 5.41) is 18.0. The highest BCUT2D eigenvalue weighted by atomic mass is 16.5. The van der Waals surface area contributed by atoms with E-state index in [1.165, 1.54) is 64.2 Å². The lowest BCUT2D eigenvalue weighted by Crippen LogP contribution is -2.43. The van der Waals surface area contributed by atoms with Gasteiger partial charge in [0.1, 0.15) is 12.0 Å². The molecule has 0 aromatic heterocycles. The number of carboxylic acid groups (broad SMARTS) is 1. The van der Waals surface area contributed by atoms with Crippen molar-refractivity contribution in [2.24, 2.45) is 0 Å². The van der Waals surface area contributed by atoms with Crippen molar-refractivity contribution in [3.05, 3.63) is 48.0 Å². The summed E-state index contributed by atoms with van der Waals surface area (Å²) in [5.41, 5.74) is 0.820. The maximum atomic E-state index is 12.4. The molecule has 2 saturated heterocycles. The molecule has 3 atom stereocenters. The number of rotatable bonds is 17. The van der Waals surface area contributed by atoms with E-state index in [1.807, 2.05) is 30.3 Å². The van der Waals surface area contributed by atoms with E-state index in [0.29, 0.717) is 18.5 Å². The molecule has 0 aliphatic carbocycles. The molecule has 0 saturated carbocycles. The fraction of sp³-hybridized carbons (Fsp3) is 0.697. The molecule has 1 aromatic carbocycles. The van der Waals surface area contributed by atoms with Crippen LogP contribution in [0.25, 0.3) is 0 Å². The van der Waals surface area contributed by atoms with E-state index >= 15 is 0 Å². The number of carbonyl (C=O) groups excluding carboxylic acids is 1. The highest BCUT2D eigenvalue weighted by Gasteiger charge is 2.40. The molecule has 220 valence electrons. The molecular formula is C33H53NO5. The summed E-state index contributed by atoms with van der Waals surface area (Å²) < 4.78 is 5.70. The molecule has 2 fully saturated rings. The zero-order valence-electron chi connectivity index (χ0n) is 24.4. The predicted molar refractivity (Wildman–Crippen MR) is 158 cm³/mol. The fourth-order valence-electron chi connectivity index (χ4n) is 5.70. The molecule has 0 radical (unpaired) electrons. The van der Waals surface area contributed by atoms with Crippen LogP contribution in [0.1, 0.15) is 121 Å². The number of piperidine rings is 1. The summed E-state index contributed by atoms with van der Waals surface area (Å²) in [6.07, 6.45) is 22.6. The molecule has 6 heteroatoms. The topological polar surface area (TPSA) is 87.1 Å². The number of aliphatic hydroxyl groups is 1. The number of hydrogen-bond donors (Lipinski definition) is 2. The Morgan fingerprint density at radius 2 is 1.49 bits per heavy atom. The van der Waals surface area contributed by atoms with Crippen molar-refractivity contribution in [2.75, 3.05) is 13.7 Å². The lowest BCUT2D eigenvalue weighted by Gasteiger charge is -2.36. The molecule has 39 heavy (non-hydrogen) atoms.